The highest BCUT2D eigenvalue weighted by Crippen LogP contribution is 2.34. The van der Waals surface area contributed by atoms with Gasteiger partial charge in [0.1, 0.15) is 10.8 Å². The van der Waals surface area contributed by atoms with Gasteiger partial charge in [0, 0.05) is 16.8 Å². The monoisotopic (exact) mass is 275 g/mol. The Morgan fingerprint density at radius 3 is 3.11 bits per heavy atom. The molecule has 98 valence electrons. The molecule has 0 bridgehead atoms. The standard InChI is InChI=1S/C13H13N3O2S/c1-8-7-19-12(15-8)5-16-10-4-9(14)2-3-11(10)18-6-13(16)17/h2-4,7H,5-6,14H2,1H3. The number of ether oxygens (including phenoxy) is 1. The van der Waals surface area contributed by atoms with Gasteiger partial charge in [-0.25, -0.2) is 4.98 Å². The zero-order valence-corrected chi connectivity index (χ0v) is 11.2. The fourth-order valence-electron chi connectivity index (χ4n) is 2.00. The Morgan fingerprint density at radius 2 is 2.37 bits per heavy atom. The summed E-state index contributed by atoms with van der Waals surface area (Å²) in [5.74, 6) is 0.605. The first-order valence-corrected chi connectivity index (χ1v) is 6.75. The summed E-state index contributed by atoms with van der Waals surface area (Å²) >= 11 is 1.55. The molecule has 5 nitrogen and oxygen atoms in total. The summed E-state index contributed by atoms with van der Waals surface area (Å²) in [6.45, 7) is 2.45. The predicted octanol–water partition coefficient (Wildman–Crippen LogP) is 1.96. The van der Waals surface area contributed by atoms with E-state index in [1.165, 1.54) is 0 Å². The molecule has 19 heavy (non-hydrogen) atoms. The second-order valence-corrected chi connectivity index (χ2v) is 5.32. The molecule has 0 radical (unpaired) electrons. The summed E-state index contributed by atoms with van der Waals surface area (Å²) in [6.07, 6.45) is 0. The third-order valence-electron chi connectivity index (χ3n) is 2.89. The van der Waals surface area contributed by atoms with E-state index in [9.17, 15) is 4.79 Å². The maximum absolute atomic E-state index is 12.0. The smallest absolute Gasteiger partial charge is 0.265 e. The van der Waals surface area contributed by atoms with Crippen molar-refractivity contribution in [3.8, 4) is 5.75 Å². The molecule has 1 amide bonds. The van der Waals surface area contributed by atoms with Crippen LogP contribution in [-0.2, 0) is 11.3 Å². The molecule has 0 atom stereocenters. The van der Waals surface area contributed by atoms with Gasteiger partial charge in [0.25, 0.3) is 5.91 Å². The van der Waals surface area contributed by atoms with E-state index in [0.717, 1.165) is 10.7 Å². The van der Waals surface area contributed by atoms with Crippen LogP contribution in [0.15, 0.2) is 23.6 Å². The Balaban J connectivity index is 1.96. The number of carbonyl (C=O) groups excluding carboxylic acids is 1. The van der Waals surface area contributed by atoms with E-state index in [4.69, 9.17) is 10.5 Å². The lowest BCUT2D eigenvalue weighted by Gasteiger charge is -2.28. The number of aromatic nitrogens is 1. The van der Waals surface area contributed by atoms with Gasteiger partial charge in [0.2, 0.25) is 0 Å². The summed E-state index contributed by atoms with van der Waals surface area (Å²) in [6, 6.07) is 5.31. The largest absolute Gasteiger partial charge is 0.482 e. The minimum absolute atomic E-state index is 0.0568. The zero-order valence-electron chi connectivity index (χ0n) is 10.4. The van der Waals surface area contributed by atoms with Crippen molar-refractivity contribution < 1.29 is 9.53 Å². The van der Waals surface area contributed by atoms with Crippen molar-refractivity contribution in [2.45, 2.75) is 13.5 Å². The lowest BCUT2D eigenvalue weighted by molar-refractivity contribution is -0.121. The van der Waals surface area contributed by atoms with E-state index >= 15 is 0 Å². The maximum Gasteiger partial charge on any atom is 0.265 e. The normalized spacial score (nSPS) is 14.2. The van der Waals surface area contributed by atoms with Crippen molar-refractivity contribution in [1.29, 1.82) is 0 Å². The summed E-state index contributed by atoms with van der Waals surface area (Å²) in [5.41, 5.74) is 8.07. The van der Waals surface area contributed by atoms with Crippen LogP contribution in [0.5, 0.6) is 5.75 Å². The molecule has 0 saturated heterocycles. The first-order chi connectivity index (χ1) is 9.13. The van der Waals surface area contributed by atoms with Crippen molar-refractivity contribution in [3.63, 3.8) is 0 Å². The molecule has 1 aliphatic rings. The highest BCUT2D eigenvalue weighted by molar-refractivity contribution is 7.09. The first kappa shape index (κ1) is 12.0. The van der Waals surface area contributed by atoms with E-state index in [1.54, 1.807) is 34.4 Å². The van der Waals surface area contributed by atoms with Crippen molar-refractivity contribution in [1.82, 2.24) is 4.98 Å². The molecule has 1 aromatic heterocycles. The molecular weight excluding hydrogens is 262 g/mol. The molecule has 1 aliphatic heterocycles. The van der Waals surface area contributed by atoms with Crippen LogP contribution in [0.2, 0.25) is 0 Å². The van der Waals surface area contributed by atoms with Crippen LogP contribution in [0.25, 0.3) is 0 Å². The van der Waals surface area contributed by atoms with Crippen LogP contribution in [0, 0.1) is 6.92 Å². The average Bonchev–Trinajstić information content (AvgIpc) is 2.79. The fourth-order valence-corrected chi connectivity index (χ4v) is 2.76. The van der Waals surface area contributed by atoms with Gasteiger partial charge in [-0.05, 0) is 25.1 Å². The van der Waals surface area contributed by atoms with Crippen LogP contribution < -0.4 is 15.4 Å². The van der Waals surface area contributed by atoms with Gasteiger partial charge < -0.3 is 10.5 Å². The molecule has 2 N–H and O–H groups in total. The molecule has 0 aliphatic carbocycles. The molecule has 2 aromatic rings. The Kier molecular flexibility index (Phi) is 2.87. The van der Waals surface area contributed by atoms with Crippen LogP contribution in [-0.4, -0.2) is 17.5 Å². The van der Waals surface area contributed by atoms with Gasteiger partial charge in [-0.15, -0.1) is 11.3 Å². The number of aryl methyl sites for hydroxylation is 1. The van der Waals surface area contributed by atoms with Gasteiger partial charge in [-0.1, -0.05) is 0 Å². The van der Waals surface area contributed by atoms with E-state index in [1.807, 2.05) is 12.3 Å². The number of anilines is 2. The Morgan fingerprint density at radius 1 is 1.53 bits per heavy atom. The molecule has 1 aromatic carbocycles. The third kappa shape index (κ3) is 2.26. The molecule has 0 saturated carbocycles. The Labute approximate surface area is 114 Å². The Hall–Kier alpha value is -2.08. The highest BCUT2D eigenvalue weighted by atomic mass is 32.1. The number of fused-ring (bicyclic) bond motifs is 1. The number of carbonyl (C=O) groups is 1. The quantitative estimate of drug-likeness (QED) is 0.851. The molecule has 0 fully saturated rings. The van der Waals surface area contributed by atoms with Crippen molar-refractivity contribution >= 4 is 28.6 Å². The second kappa shape index (κ2) is 4.55. The molecule has 6 heteroatoms. The number of benzene rings is 1. The third-order valence-corrected chi connectivity index (χ3v) is 3.84. The first-order valence-electron chi connectivity index (χ1n) is 5.87. The van der Waals surface area contributed by atoms with Crippen molar-refractivity contribution in [2.75, 3.05) is 17.2 Å². The van der Waals surface area contributed by atoms with Gasteiger partial charge in [-0.3, -0.25) is 9.69 Å². The minimum Gasteiger partial charge on any atom is -0.482 e. The lowest BCUT2D eigenvalue weighted by Crippen LogP contribution is -2.38. The van der Waals surface area contributed by atoms with Crippen molar-refractivity contribution in [2.24, 2.45) is 0 Å². The summed E-state index contributed by atoms with van der Waals surface area (Å²) < 4.78 is 5.40. The number of hydrogen-bond acceptors (Lipinski definition) is 5. The van der Waals surface area contributed by atoms with Gasteiger partial charge in [0.15, 0.2) is 6.61 Å². The van der Waals surface area contributed by atoms with E-state index in [-0.39, 0.29) is 12.5 Å². The highest BCUT2D eigenvalue weighted by Gasteiger charge is 2.26. The van der Waals surface area contributed by atoms with Crippen LogP contribution >= 0.6 is 11.3 Å². The van der Waals surface area contributed by atoms with E-state index < -0.39 is 0 Å². The van der Waals surface area contributed by atoms with Crippen LogP contribution in [0.4, 0.5) is 11.4 Å². The maximum atomic E-state index is 12.0. The molecular formula is C13H13N3O2S. The molecule has 0 spiro atoms. The summed E-state index contributed by atoms with van der Waals surface area (Å²) in [4.78, 5) is 18.1. The van der Waals surface area contributed by atoms with Gasteiger partial charge in [-0.2, -0.15) is 0 Å². The average molecular weight is 275 g/mol. The number of nitrogens with two attached hydrogens (primary N) is 1. The SMILES string of the molecule is Cc1csc(CN2C(=O)COc3ccc(N)cc32)n1. The number of rotatable bonds is 2. The number of thiazole rings is 1. The van der Waals surface area contributed by atoms with Crippen LogP contribution in [0.3, 0.4) is 0 Å². The number of amides is 1. The van der Waals surface area contributed by atoms with Crippen LogP contribution in [0.1, 0.15) is 10.7 Å². The van der Waals surface area contributed by atoms with E-state index in [2.05, 4.69) is 4.98 Å². The number of nitrogen functional groups attached to an aromatic ring is 1. The zero-order chi connectivity index (χ0) is 13.4. The van der Waals surface area contributed by atoms with Gasteiger partial charge in [0.05, 0.1) is 12.2 Å². The van der Waals surface area contributed by atoms with Crippen molar-refractivity contribution in [3.05, 3.63) is 34.3 Å². The summed E-state index contributed by atoms with van der Waals surface area (Å²) in [5, 5.41) is 2.88. The number of nitrogens with zero attached hydrogens (tertiary/aromatic N) is 2. The predicted molar refractivity (Wildman–Crippen MR) is 74.4 cm³/mol. The molecule has 0 unspecified atom stereocenters. The van der Waals surface area contributed by atoms with E-state index in [0.29, 0.717) is 23.7 Å². The number of hydrogen-bond donors (Lipinski definition) is 1. The minimum atomic E-state index is -0.0778. The topological polar surface area (TPSA) is 68.5 Å². The Bertz CT molecular complexity index is 639. The molecule has 2 heterocycles. The second-order valence-electron chi connectivity index (χ2n) is 4.38. The van der Waals surface area contributed by atoms with Gasteiger partial charge >= 0.3 is 0 Å². The summed E-state index contributed by atoms with van der Waals surface area (Å²) in [7, 11) is 0. The molecule has 3 rings (SSSR count). The lowest BCUT2D eigenvalue weighted by atomic mass is 10.2. The fraction of sp³-hybridized carbons (Fsp3) is 0.231.